The van der Waals surface area contributed by atoms with Gasteiger partial charge < -0.3 is 10.0 Å². The highest BCUT2D eigenvalue weighted by Gasteiger charge is 2.33. The summed E-state index contributed by atoms with van der Waals surface area (Å²) in [6.07, 6.45) is 2.60. The first-order chi connectivity index (χ1) is 8.92. The van der Waals surface area contributed by atoms with Crippen molar-refractivity contribution in [2.24, 2.45) is 5.41 Å². The second kappa shape index (κ2) is 6.60. The van der Waals surface area contributed by atoms with Gasteiger partial charge in [0.15, 0.2) is 0 Å². The molecular weight excluding hydrogens is 238 g/mol. The minimum absolute atomic E-state index is 0.529. The summed E-state index contributed by atoms with van der Waals surface area (Å²) in [5.74, 6) is -0.716. The van der Waals surface area contributed by atoms with Crippen LogP contribution in [0.25, 0.3) is 0 Å². The van der Waals surface area contributed by atoms with Crippen molar-refractivity contribution in [1.29, 1.82) is 0 Å². The largest absolute Gasteiger partial charge is 0.481 e. The maximum atomic E-state index is 11.5. The average molecular weight is 263 g/mol. The summed E-state index contributed by atoms with van der Waals surface area (Å²) in [4.78, 5) is 13.5. The third-order valence-electron chi connectivity index (χ3n) is 3.69. The summed E-state index contributed by atoms with van der Waals surface area (Å²) in [7, 11) is 1.96. The van der Waals surface area contributed by atoms with Crippen molar-refractivity contribution in [3.63, 3.8) is 0 Å². The molecule has 0 saturated heterocycles. The first-order valence-corrected chi connectivity index (χ1v) is 6.96. The number of aliphatic carboxylic acids is 1. The van der Waals surface area contributed by atoms with Crippen LogP contribution in [-0.2, 0) is 11.2 Å². The molecule has 0 radical (unpaired) electrons. The van der Waals surface area contributed by atoms with Crippen LogP contribution < -0.4 is 4.90 Å². The fraction of sp³-hybridized carbons (Fsp3) is 0.562. The van der Waals surface area contributed by atoms with E-state index < -0.39 is 11.4 Å². The molecule has 0 aromatic heterocycles. The lowest BCUT2D eigenvalue weighted by molar-refractivity contribution is -0.147. The molecule has 1 atom stereocenters. The van der Waals surface area contributed by atoms with Gasteiger partial charge in [0.05, 0.1) is 5.41 Å². The predicted octanol–water partition coefficient (Wildman–Crippen LogP) is 3.58. The molecule has 0 heterocycles. The SMILES string of the molecule is CCCC(C)(CN(C)c1ccc(CC)cc1)C(=O)O. The third kappa shape index (κ3) is 3.98. The van der Waals surface area contributed by atoms with E-state index in [1.807, 2.05) is 25.8 Å². The number of nitrogens with zero attached hydrogens (tertiary/aromatic N) is 1. The molecule has 0 saturated carbocycles. The van der Waals surface area contributed by atoms with E-state index in [0.717, 1.165) is 18.5 Å². The van der Waals surface area contributed by atoms with Crippen molar-refractivity contribution in [3.05, 3.63) is 29.8 Å². The number of carboxylic acids is 1. The molecule has 106 valence electrons. The Morgan fingerprint density at radius 3 is 2.26 bits per heavy atom. The summed E-state index contributed by atoms with van der Waals surface area (Å²) in [6.45, 7) is 6.51. The summed E-state index contributed by atoms with van der Waals surface area (Å²) in [5, 5.41) is 9.41. The number of carbonyl (C=O) groups is 1. The van der Waals surface area contributed by atoms with Crippen LogP contribution in [0, 0.1) is 5.41 Å². The Balaban J connectivity index is 2.81. The number of rotatable bonds is 7. The van der Waals surface area contributed by atoms with E-state index in [2.05, 4.69) is 31.2 Å². The Bertz CT molecular complexity index is 413. The molecule has 1 N–H and O–H groups in total. The third-order valence-corrected chi connectivity index (χ3v) is 3.69. The topological polar surface area (TPSA) is 40.5 Å². The number of hydrogen-bond acceptors (Lipinski definition) is 2. The van der Waals surface area contributed by atoms with Gasteiger partial charge in [0.25, 0.3) is 0 Å². The highest BCUT2D eigenvalue weighted by molar-refractivity contribution is 5.75. The van der Waals surface area contributed by atoms with Crippen LogP contribution in [0.15, 0.2) is 24.3 Å². The first kappa shape index (κ1) is 15.5. The van der Waals surface area contributed by atoms with E-state index in [1.165, 1.54) is 5.56 Å². The van der Waals surface area contributed by atoms with E-state index in [4.69, 9.17) is 0 Å². The lowest BCUT2D eigenvalue weighted by Crippen LogP contribution is -2.39. The van der Waals surface area contributed by atoms with Gasteiger partial charge in [0.1, 0.15) is 0 Å². The van der Waals surface area contributed by atoms with Gasteiger partial charge in [-0.15, -0.1) is 0 Å². The minimum Gasteiger partial charge on any atom is -0.481 e. The first-order valence-electron chi connectivity index (χ1n) is 6.96. The fourth-order valence-corrected chi connectivity index (χ4v) is 2.41. The molecule has 0 aliphatic heterocycles. The Kier molecular flexibility index (Phi) is 5.40. The van der Waals surface area contributed by atoms with E-state index in [0.29, 0.717) is 13.0 Å². The Labute approximate surface area is 116 Å². The summed E-state index contributed by atoms with van der Waals surface area (Å²) in [5.41, 5.74) is 1.68. The smallest absolute Gasteiger partial charge is 0.311 e. The molecule has 3 heteroatoms. The molecule has 1 aromatic rings. The number of aryl methyl sites for hydroxylation is 1. The van der Waals surface area contributed by atoms with Crippen LogP contribution in [0.4, 0.5) is 5.69 Å². The van der Waals surface area contributed by atoms with Crippen LogP contribution in [0.5, 0.6) is 0 Å². The molecule has 0 aliphatic rings. The van der Waals surface area contributed by atoms with Gasteiger partial charge in [0, 0.05) is 19.3 Å². The van der Waals surface area contributed by atoms with Gasteiger partial charge in [-0.1, -0.05) is 32.4 Å². The lowest BCUT2D eigenvalue weighted by Gasteiger charge is -2.31. The second-order valence-corrected chi connectivity index (χ2v) is 5.49. The standard InChI is InChI=1S/C16H25NO2/c1-5-11-16(3,15(18)19)12-17(4)14-9-7-13(6-2)8-10-14/h7-10H,5-6,11-12H2,1-4H3,(H,18,19). The van der Waals surface area contributed by atoms with Crippen LogP contribution in [0.1, 0.15) is 39.2 Å². The maximum Gasteiger partial charge on any atom is 0.311 e. The Hall–Kier alpha value is -1.51. The van der Waals surface area contributed by atoms with Gasteiger partial charge >= 0.3 is 5.97 Å². The maximum absolute atomic E-state index is 11.5. The molecule has 1 unspecified atom stereocenters. The van der Waals surface area contributed by atoms with Crippen LogP contribution in [0.2, 0.25) is 0 Å². The van der Waals surface area contributed by atoms with E-state index in [1.54, 1.807) is 0 Å². The number of carboxylic acid groups (broad SMARTS) is 1. The van der Waals surface area contributed by atoms with Crippen molar-refractivity contribution < 1.29 is 9.90 Å². The average Bonchev–Trinajstić information content (AvgIpc) is 2.38. The van der Waals surface area contributed by atoms with Crippen molar-refractivity contribution >= 4 is 11.7 Å². The van der Waals surface area contributed by atoms with Crippen molar-refractivity contribution in [2.45, 2.75) is 40.0 Å². The van der Waals surface area contributed by atoms with Gasteiger partial charge in [-0.25, -0.2) is 0 Å². The van der Waals surface area contributed by atoms with E-state index in [-0.39, 0.29) is 0 Å². The van der Waals surface area contributed by atoms with Crippen molar-refractivity contribution in [1.82, 2.24) is 0 Å². The Morgan fingerprint density at radius 2 is 1.84 bits per heavy atom. The molecular formula is C16H25NO2. The predicted molar refractivity (Wildman–Crippen MR) is 79.7 cm³/mol. The number of benzene rings is 1. The molecule has 0 spiro atoms. The molecule has 0 bridgehead atoms. The minimum atomic E-state index is -0.716. The fourth-order valence-electron chi connectivity index (χ4n) is 2.41. The zero-order valence-corrected chi connectivity index (χ0v) is 12.4. The van der Waals surface area contributed by atoms with Gasteiger partial charge in [-0.2, -0.15) is 0 Å². The summed E-state index contributed by atoms with van der Waals surface area (Å²) >= 11 is 0. The monoisotopic (exact) mass is 263 g/mol. The number of hydrogen-bond donors (Lipinski definition) is 1. The van der Waals surface area contributed by atoms with Gasteiger partial charge in [0.2, 0.25) is 0 Å². The zero-order chi connectivity index (χ0) is 14.5. The Morgan fingerprint density at radius 1 is 1.26 bits per heavy atom. The lowest BCUT2D eigenvalue weighted by atomic mass is 9.85. The normalized spacial score (nSPS) is 13.9. The van der Waals surface area contributed by atoms with Gasteiger partial charge in [-0.3, -0.25) is 4.79 Å². The zero-order valence-electron chi connectivity index (χ0n) is 12.4. The quantitative estimate of drug-likeness (QED) is 0.817. The molecule has 1 rings (SSSR count). The van der Waals surface area contributed by atoms with Crippen LogP contribution in [-0.4, -0.2) is 24.7 Å². The molecule has 0 aliphatic carbocycles. The molecule has 0 amide bonds. The van der Waals surface area contributed by atoms with Crippen molar-refractivity contribution in [2.75, 3.05) is 18.5 Å². The highest BCUT2D eigenvalue weighted by Crippen LogP contribution is 2.27. The molecule has 0 fully saturated rings. The molecule has 19 heavy (non-hydrogen) atoms. The second-order valence-electron chi connectivity index (χ2n) is 5.49. The molecule has 1 aromatic carbocycles. The van der Waals surface area contributed by atoms with E-state index >= 15 is 0 Å². The summed E-state index contributed by atoms with van der Waals surface area (Å²) in [6, 6.07) is 8.33. The van der Waals surface area contributed by atoms with E-state index in [9.17, 15) is 9.90 Å². The summed E-state index contributed by atoms with van der Waals surface area (Å²) < 4.78 is 0. The van der Waals surface area contributed by atoms with Crippen molar-refractivity contribution in [3.8, 4) is 0 Å². The molecule has 3 nitrogen and oxygen atoms in total. The number of anilines is 1. The highest BCUT2D eigenvalue weighted by atomic mass is 16.4. The van der Waals surface area contributed by atoms with Crippen LogP contribution in [0.3, 0.4) is 0 Å². The van der Waals surface area contributed by atoms with Gasteiger partial charge in [-0.05, 0) is 37.5 Å². The van der Waals surface area contributed by atoms with Crippen LogP contribution >= 0.6 is 0 Å².